The van der Waals surface area contributed by atoms with Crippen molar-refractivity contribution in [1.82, 2.24) is 15.5 Å². The summed E-state index contributed by atoms with van der Waals surface area (Å²) >= 11 is 0. The van der Waals surface area contributed by atoms with Gasteiger partial charge in [-0.25, -0.2) is 0 Å². The third-order valence-electron chi connectivity index (χ3n) is 8.09. The number of benzene rings is 2. The fraction of sp³-hybridized carbons (Fsp3) is 0.464. The molecule has 2 aliphatic heterocycles. The van der Waals surface area contributed by atoms with E-state index in [1.807, 2.05) is 56.3 Å². The van der Waals surface area contributed by atoms with Gasteiger partial charge in [-0.2, -0.15) is 0 Å². The second kappa shape index (κ2) is 9.02. The number of nitrogens with zero attached hydrogens (tertiary/aromatic N) is 1. The zero-order valence-corrected chi connectivity index (χ0v) is 20.5. The Bertz CT molecular complexity index is 1130. The highest BCUT2D eigenvalue weighted by atomic mass is 16.5. The Labute approximate surface area is 206 Å². The van der Waals surface area contributed by atoms with Crippen molar-refractivity contribution in [1.29, 1.82) is 5.41 Å². The van der Waals surface area contributed by atoms with E-state index in [0.29, 0.717) is 12.0 Å². The molecular formula is C28H34N4O3. The molecule has 0 aromatic heterocycles. The fourth-order valence-corrected chi connectivity index (χ4v) is 5.58. The lowest BCUT2D eigenvalue weighted by Crippen LogP contribution is -2.61. The average molecular weight is 475 g/mol. The van der Waals surface area contributed by atoms with E-state index in [4.69, 9.17) is 10.1 Å². The molecule has 3 aliphatic rings. The van der Waals surface area contributed by atoms with Gasteiger partial charge >= 0.3 is 0 Å². The molecule has 1 atom stereocenters. The number of hydrogen-bond acceptors (Lipinski definition) is 4. The van der Waals surface area contributed by atoms with Crippen LogP contribution in [0.15, 0.2) is 48.5 Å². The van der Waals surface area contributed by atoms with Crippen molar-refractivity contribution in [3.63, 3.8) is 0 Å². The first-order valence-electron chi connectivity index (χ1n) is 12.7. The number of rotatable bonds is 6. The molecule has 1 spiro atoms. The summed E-state index contributed by atoms with van der Waals surface area (Å²) < 4.78 is 6.31. The van der Waals surface area contributed by atoms with Crippen molar-refractivity contribution in [3.05, 3.63) is 65.2 Å². The first-order valence-corrected chi connectivity index (χ1v) is 12.7. The Hall–Kier alpha value is -3.35. The Kier molecular flexibility index (Phi) is 6.03. The summed E-state index contributed by atoms with van der Waals surface area (Å²) in [6.07, 6.45) is 5.91. The number of guanidine groups is 1. The van der Waals surface area contributed by atoms with Gasteiger partial charge in [-0.05, 0) is 55.9 Å². The number of carbonyl (C=O) groups excluding carboxylic acids is 2. The van der Waals surface area contributed by atoms with Gasteiger partial charge in [0.25, 0.3) is 5.91 Å². The zero-order chi connectivity index (χ0) is 24.6. The van der Waals surface area contributed by atoms with E-state index in [2.05, 4.69) is 10.6 Å². The van der Waals surface area contributed by atoms with Crippen molar-refractivity contribution >= 4 is 17.8 Å². The van der Waals surface area contributed by atoms with Gasteiger partial charge in [0.05, 0.1) is 19.0 Å². The Morgan fingerprint density at radius 1 is 1.17 bits per heavy atom. The van der Waals surface area contributed by atoms with Crippen LogP contribution in [-0.2, 0) is 11.3 Å². The monoisotopic (exact) mass is 474 g/mol. The molecule has 3 N–H and O–H groups in total. The molecule has 2 amide bonds. The van der Waals surface area contributed by atoms with Crippen LogP contribution in [0.4, 0.5) is 0 Å². The van der Waals surface area contributed by atoms with Gasteiger partial charge in [0, 0.05) is 23.1 Å². The third-order valence-corrected chi connectivity index (χ3v) is 8.09. The van der Waals surface area contributed by atoms with Crippen molar-refractivity contribution in [2.24, 2.45) is 0 Å². The van der Waals surface area contributed by atoms with Gasteiger partial charge in [-0.15, -0.1) is 0 Å². The van der Waals surface area contributed by atoms with Gasteiger partial charge in [-0.1, -0.05) is 44.2 Å². The van der Waals surface area contributed by atoms with Crippen molar-refractivity contribution in [2.45, 2.75) is 82.5 Å². The SMILES string of the molecule is CCC1(CC)CC(=O)N(Cc2cccc(C(=O)N[C@H]3CC4(CCC4)Oc4ccccc43)c2)C(=N)N1. The summed E-state index contributed by atoms with van der Waals surface area (Å²) in [5.74, 6) is 0.792. The highest BCUT2D eigenvalue weighted by Gasteiger charge is 2.46. The summed E-state index contributed by atoms with van der Waals surface area (Å²) in [5.41, 5.74) is 1.88. The lowest BCUT2D eigenvalue weighted by Gasteiger charge is -2.48. The van der Waals surface area contributed by atoms with E-state index in [0.717, 1.165) is 55.4 Å². The van der Waals surface area contributed by atoms with Crippen LogP contribution in [0.5, 0.6) is 5.75 Å². The minimum Gasteiger partial charge on any atom is -0.487 e. The minimum atomic E-state index is -0.343. The molecule has 1 aliphatic carbocycles. The first-order chi connectivity index (χ1) is 16.9. The lowest BCUT2D eigenvalue weighted by molar-refractivity contribution is -0.131. The predicted molar refractivity (Wildman–Crippen MR) is 134 cm³/mol. The van der Waals surface area contributed by atoms with Gasteiger partial charge < -0.3 is 15.4 Å². The number of fused-ring (bicyclic) bond motifs is 1. The van der Waals surface area contributed by atoms with E-state index in [1.165, 1.54) is 4.90 Å². The molecule has 7 heteroatoms. The second-order valence-electron chi connectivity index (χ2n) is 10.2. The second-order valence-corrected chi connectivity index (χ2v) is 10.2. The Balaban J connectivity index is 1.30. The van der Waals surface area contributed by atoms with E-state index in [9.17, 15) is 9.59 Å². The normalized spacial score (nSPS) is 22.0. The smallest absolute Gasteiger partial charge is 0.251 e. The lowest BCUT2D eigenvalue weighted by atomic mass is 9.73. The summed E-state index contributed by atoms with van der Waals surface area (Å²) in [4.78, 5) is 27.6. The molecule has 2 aromatic carbocycles. The van der Waals surface area contributed by atoms with Crippen LogP contribution in [0.2, 0.25) is 0 Å². The number of nitrogens with one attached hydrogen (secondary N) is 3. The van der Waals surface area contributed by atoms with E-state index in [1.54, 1.807) is 6.07 Å². The van der Waals surface area contributed by atoms with Gasteiger partial charge in [0.2, 0.25) is 5.91 Å². The average Bonchev–Trinajstić information content (AvgIpc) is 2.85. The maximum absolute atomic E-state index is 13.3. The van der Waals surface area contributed by atoms with Gasteiger partial charge in [0.1, 0.15) is 11.4 Å². The standard InChI is InChI=1S/C28H34N4O3/c1-3-27(4-2)17-24(33)32(26(29)31-27)18-19-9-7-10-20(15-19)25(34)30-22-16-28(13-8-14-28)35-23-12-6-5-11-21(22)23/h5-7,9-12,15,22H,3-4,8,13-14,16-18H2,1-2H3,(H2,29,31)(H,30,34)/t22-/m0/s1. The highest BCUT2D eigenvalue weighted by molar-refractivity contribution is 5.99. The first kappa shape index (κ1) is 23.4. The summed E-state index contributed by atoms with van der Waals surface area (Å²) in [6, 6.07) is 15.2. The molecule has 2 heterocycles. The third kappa shape index (κ3) is 4.40. The molecular weight excluding hydrogens is 440 g/mol. The topological polar surface area (TPSA) is 94.5 Å². The number of hydrogen-bond donors (Lipinski definition) is 3. The maximum Gasteiger partial charge on any atom is 0.251 e. The van der Waals surface area contributed by atoms with Crippen molar-refractivity contribution in [3.8, 4) is 5.75 Å². The van der Waals surface area contributed by atoms with Crippen LogP contribution >= 0.6 is 0 Å². The molecule has 184 valence electrons. The molecule has 0 radical (unpaired) electrons. The minimum absolute atomic E-state index is 0.0584. The van der Waals surface area contributed by atoms with Crippen LogP contribution in [0, 0.1) is 5.41 Å². The van der Waals surface area contributed by atoms with E-state index < -0.39 is 0 Å². The van der Waals surface area contributed by atoms with Gasteiger partial charge in [-0.3, -0.25) is 19.9 Å². The molecule has 7 nitrogen and oxygen atoms in total. The van der Waals surface area contributed by atoms with Crippen molar-refractivity contribution < 1.29 is 14.3 Å². The molecule has 5 rings (SSSR count). The van der Waals surface area contributed by atoms with Crippen LogP contribution in [0.25, 0.3) is 0 Å². The molecule has 35 heavy (non-hydrogen) atoms. The molecule has 0 unspecified atom stereocenters. The fourth-order valence-electron chi connectivity index (χ4n) is 5.58. The summed E-state index contributed by atoms with van der Waals surface area (Å²) in [5, 5.41) is 14.9. The molecule has 2 fully saturated rings. The summed E-state index contributed by atoms with van der Waals surface area (Å²) in [7, 11) is 0. The van der Waals surface area contributed by atoms with Crippen LogP contribution in [0.3, 0.4) is 0 Å². The summed E-state index contributed by atoms with van der Waals surface area (Å²) in [6.45, 7) is 4.34. The quantitative estimate of drug-likeness (QED) is 0.567. The van der Waals surface area contributed by atoms with Gasteiger partial charge in [0.15, 0.2) is 5.96 Å². The predicted octanol–water partition coefficient (Wildman–Crippen LogP) is 4.68. The molecule has 0 bridgehead atoms. The van der Waals surface area contributed by atoms with Crippen LogP contribution in [0.1, 0.15) is 86.3 Å². The molecule has 1 saturated carbocycles. The van der Waals surface area contributed by atoms with Crippen LogP contribution < -0.4 is 15.4 Å². The maximum atomic E-state index is 13.3. The number of carbonyl (C=O) groups is 2. The zero-order valence-electron chi connectivity index (χ0n) is 20.5. The van der Waals surface area contributed by atoms with Crippen molar-refractivity contribution in [2.75, 3.05) is 0 Å². The largest absolute Gasteiger partial charge is 0.487 e. The van der Waals surface area contributed by atoms with E-state index in [-0.39, 0.29) is 41.5 Å². The Morgan fingerprint density at radius 2 is 1.94 bits per heavy atom. The Morgan fingerprint density at radius 3 is 2.63 bits per heavy atom. The number of ether oxygens (including phenoxy) is 1. The number of para-hydroxylation sites is 1. The number of amides is 2. The van der Waals surface area contributed by atoms with Crippen LogP contribution in [-0.4, -0.2) is 33.8 Å². The van der Waals surface area contributed by atoms with E-state index >= 15 is 0 Å². The molecule has 1 saturated heterocycles. The molecule has 2 aromatic rings. The highest BCUT2D eigenvalue weighted by Crippen LogP contribution is 2.48.